The highest BCUT2D eigenvalue weighted by molar-refractivity contribution is 5.92. The van der Waals surface area contributed by atoms with Crippen LogP contribution in [0.25, 0.3) is 16.5 Å². The van der Waals surface area contributed by atoms with E-state index in [2.05, 4.69) is 11.8 Å². The molecule has 0 radical (unpaired) electrons. The summed E-state index contributed by atoms with van der Waals surface area (Å²) >= 11 is 0. The molecular formula is C24H26F4N2O3. The van der Waals surface area contributed by atoms with Gasteiger partial charge in [0, 0.05) is 24.2 Å². The van der Waals surface area contributed by atoms with Crippen LogP contribution in [0.4, 0.5) is 17.6 Å². The largest absolute Gasteiger partial charge is 0.494 e. The summed E-state index contributed by atoms with van der Waals surface area (Å²) in [6.07, 6.45) is -1.29. The van der Waals surface area contributed by atoms with Crippen LogP contribution in [0, 0.1) is 11.7 Å². The molecule has 2 aromatic carbocycles. The summed E-state index contributed by atoms with van der Waals surface area (Å²) in [4.78, 5) is 2.32. The predicted molar refractivity (Wildman–Crippen MR) is 117 cm³/mol. The number of hydrogen-bond donors (Lipinski definition) is 1. The van der Waals surface area contributed by atoms with Crippen LogP contribution in [0.1, 0.15) is 25.3 Å². The smallest absolute Gasteiger partial charge is 0.417 e. The quantitative estimate of drug-likeness (QED) is 0.480. The molecule has 0 bridgehead atoms. The molecule has 0 saturated carbocycles. The van der Waals surface area contributed by atoms with Crippen LogP contribution < -0.4 is 9.47 Å². The average Bonchev–Trinajstić information content (AvgIpc) is 3.12. The number of ether oxygens (including phenoxy) is 2. The monoisotopic (exact) mass is 466 g/mol. The minimum atomic E-state index is -4.74. The summed E-state index contributed by atoms with van der Waals surface area (Å²) in [5.74, 6) is 0.00750. The second-order valence-corrected chi connectivity index (χ2v) is 8.41. The SMILES string of the molecule is COc1ccc(-n2cc3c(F)ccc(C(F)(F)F)c3c2O)cc1OCCN1CCC(C)CC1. The van der Waals surface area contributed by atoms with E-state index < -0.39 is 28.8 Å². The highest BCUT2D eigenvalue weighted by Gasteiger charge is 2.35. The number of likely N-dealkylation sites (tertiary alicyclic amines) is 1. The Labute approximate surface area is 189 Å². The van der Waals surface area contributed by atoms with E-state index in [1.807, 2.05) is 0 Å². The molecular weight excluding hydrogens is 440 g/mol. The van der Waals surface area contributed by atoms with Crippen molar-refractivity contribution < 1.29 is 32.1 Å². The first-order valence-electron chi connectivity index (χ1n) is 10.8. The number of fused-ring (bicyclic) bond motifs is 1. The van der Waals surface area contributed by atoms with Crippen molar-refractivity contribution in [3.8, 4) is 23.1 Å². The molecule has 1 aliphatic heterocycles. The maximum absolute atomic E-state index is 14.3. The van der Waals surface area contributed by atoms with Crippen LogP contribution >= 0.6 is 0 Å². The van der Waals surface area contributed by atoms with Crippen molar-refractivity contribution in [1.29, 1.82) is 0 Å². The minimum absolute atomic E-state index is 0.318. The molecule has 1 aromatic heterocycles. The lowest BCUT2D eigenvalue weighted by Gasteiger charge is -2.30. The summed E-state index contributed by atoms with van der Waals surface area (Å²) in [7, 11) is 1.49. The molecule has 9 heteroatoms. The Balaban J connectivity index is 1.63. The Kier molecular flexibility index (Phi) is 6.43. The number of hydrogen-bond acceptors (Lipinski definition) is 4. The van der Waals surface area contributed by atoms with Crippen molar-refractivity contribution in [1.82, 2.24) is 9.47 Å². The molecule has 2 heterocycles. The Morgan fingerprint density at radius 2 is 1.82 bits per heavy atom. The Hall–Kier alpha value is -2.94. The molecule has 0 atom stereocenters. The molecule has 33 heavy (non-hydrogen) atoms. The van der Waals surface area contributed by atoms with Crippen molar-refractivity contribution in [2.45, 2.75) is 25.9 Å². The number of rotatable bonds is 6. The number of aromatic nitrogens is 1. The molecule has 1 aliphatic rings. The van der Waals surface area contributed by atoms with Gasteiger partial charge in [0.15, 0.2) is 11.5 Å². The van der Waals surface area contributed by atoms with Gasteiger partial charge in [0.2, 0.25) is 5.88 Å². The van der Waals surface area contributed by atoms with E-state index in [0.29, 0.717) is 29.9 Å². The van der Waals surface area contributed by atoms with E-state index in [1.54, 1.807) is 18.2 Å². The van der Waals surface area contributed by atoms with E-state index in [1.165, 1.54) is 7.11 Å². The van der Waals surface area contributed by atoms with Crippen molar-refractivity contribution >= 4 is 10.8 Å². The van der Waals surface area contributed by atoms with Crippen LogP contribution in [0.5, 0.6) is 17.4 Å². The van der Waals surface area contributed by atoms with Gasteiger partial charge in [-0.15, -0.1) is 0 Å². The second kappa shape index (κ2) is 9.13. The lowest BCUT2D eigenvalue weighted by molar-refractivity contribution is -0.136. The number of aromatic hydroxyl groups is 1. The molecule has 1 N–H and O–H groups in total. The van der Waals surface area contributed by atoms with E-state index in [9.17, 15) is 22.7 Å². The average molecular weight is 466 g/mol. The first kappa shape index (κ1) is 23.2. The first-order valence-corrected chi connectivity index (χ1v) is 10.8. The third-order valence-corrected chi connectivity index (χ3v) is 6.17. The summed E-state index contributed by atoms with van der Waals surface area (Å²) in [5.41, 5.74) is -0.783. The topological polar surface area (TPSA) is 46.9 Å². The van der Waals surface area contributed by atoms with Crippen molar-refractivity contribution in [3.63, 3.8) is 0 Å². The van der Waals surface area contributed by atoms with Gasteiger partial charge in [-0.2, -0.15) is 13.2 Å². The van der Waals surface area contributed by atoms with E-state index in [4.69, 9.17) is 9.47 Å². The van der Waals surface area contributed by atoms with Crippen molar-refractivity contribution in [2.75, 3.05) is 33.4 Å². The van der Waals surface area contributed by atoms with Gasteiger partial charge < -0.3 is 14.6 Å². The Morgan fingerprint density at radius 3 is 2.48 bits per heavy atom. The number of piperidine rings is 1. The third-order valence-electron chi connectivity index (χ3n) is 6.17. The van der Waals surface area contributed by atoms with E-state index in [-0.39, 0.29) is 5.39 Å². The molecule has 4 rings (SSSR count). The van der Waals surface area contributed by atoms with Crippen molar-refractivity contribution in [3.05, 3.63) is 47.9 Å². The fraction of sp³-hybridized carbons (Fsp3) is 0.417. The molecule has 0 amide bonds. The molecule has 178 valence electrons. The van der Waals surface area contributed by atoms with Gasteiger partial charge in [-0.1, -0.05) is 6.92 Å². The maximum atomic E-state index is 14.3. The number of alkyl halides is 3. The summed E-state index contributed by atoms with van der Waals surface area (Å²) in [5, 5.41) is 9.71. The fourth-order valence-corrected chi connectivity index (χ4v) is 4.20. The standard InChI is InChI=1S/C24H26F4N2O3/c1-15-7-9-29(10-8-15)11-12-33-21-13-16(3-6-20(21)32-2)30-14-17-19(25)5-4-18(24(26,27)28)22(17)23(30)31/h3-6,13-15,31H,7-12H2,1-2H3. The summed E-state index contributed by atoms with van der Waals surface area (Å²) < 4.78 is 67.0. The van der Waals surface area contributed by atoms with Gasteiger partial charge in [0.05, 0.1) is 23.7 Å². The van der Waals surface area contributed by atoms with Crippen LogP contribution in [-0.4, -0.2) is 47.9 Å². The van der Waals surface area contributed by atoms with Gasteiger partial charge in [-0.25, -0.2) is 4.39 Å². The molecule has 3 aromatic rings. The maximum Gasteiger partial charge on any atom is 0.417 e. The minimum Gasteiger partial charge on any atom is -0.494 e. The number of nitrogens with zero attached hydrogens (tertiary/aromatic N) is 2. The predicted octanol–water partition coefficient (Wildman–Crippen LogP) is 5.61. The fourth-order valence-electron chi connectivity index (χ4n) is 4.20. The van der Waals surface area contributed by atoms with Gasteiger partial charge >= 0.3 is 6.18 Å². The molecule has 0 unspecified atom stereocenters. The Morgan fingerprint density at radius 1 is 1.09 bits per heavy atom. The van der Waals surface area contributed by atoms with Crippen LogP contribution in [-0.2, 0) is 6.18 Å². The lowest BCUT2D eigenvalue weighted by atomic mass is 9.99. The van der Waals surface area contributed by atoms with E-state index >= 15 is 0 Å². The number of halogens is 4. The summed E-state index contributed by atoms with van der Waals surface area (Å²) in [6, 6.07) is 6.09. The second-order valence-electron chi connectivity index (χ2n) is 8.41. The van der Waals surface area contributed by atoms with Crippen LogP contribution in [0.15, 0.2) is 36.5 Å². The van der Waals surface area contributed by atoms with Crippen LogP contribution in [0.3, 0.4) is 0 Å². The summed E-state index contributed by atoms with van der Waals surface area (Å²) in [6.45, 7) is 5.41. The van der Waals surface area contributed by atoms with Gasteiger partial charge in [-0.3, -0.25) is 9.47 Å². The molecule has 1 saturated heterocycles. The highest BCUT2D eigenvalue weighted by Crippen LogP contribution is 2.42. The zero-order chi connectivity index (χ0) is 23.8. The van der Waals surface area contributed by atoms with Crippen molar-refractivity contribution in [2.24, 2.45) is 5.92 Å². The van der Waals surface area contributed by atoms with Gasteiger partial charge in [0.25, 0.3) is 0 Å². The molecule has 0 aliphatic carbocycles. The van der Waals surface area contributed by atoms with Gasteiger partial charge in [0.1, 0.15) is 12.4 Å². The van der Waals surface area contributed by atoms with Gasteiger partial charge in [-0.05, 0) is 56.1 Å². The number of methoxy groups -OCH3 is 1. The van der Waals surface area contributed by atoms with Crippen LogP contribution in [0.2, 0.25) is 0 Å². The zero-order valence-corrected chi connectivity index (χ0v) is 18.5. The number of benzene rings is 2. The molecule has 0 spiro atoms. The third kappa shape index (κ3) is 4.73. The lowest BCUT2D eigenvalue weighted by Crippen LogP contribution is -2.35. The molecule has 1 fully saturated rings. The highest BCUT2D eigenvalue weighted by atomic mass is 19.4. The van der Waals surface area contributed by atoms with E-state index in [0.717, 1.165) is 55.2 Å². The Bertz CT molecular complexity index is 1130. The zero-order valence-electron chi connectivity index (χ0n) is 18.5. The first-order chi connectivity index (χ1) is 15.7. The molecule has 5 nitrogen and oxygen atoms in total. The normalized spacial score (nSPS) is 15.8.